The monoisotopic (exact) mass is 501 g/mol. The Morgan fingerprint density at radius 1 is 0.833 bits per heavy atom. The van der Waals surface area contributed by atoms with Crippen LogP contribution in [-0.4, -0.2) is 0 Å². The molecule has 0 bridgehead atoms. The van der Waals surface area contributed by atoms with Crippen molar-refractivity contribution < 1.29 is 22.3 Å². The molecule has 6 heteroatoms. The molecule has 0 amide bonds. The van der Waals surface area contributed by atoms with E-state index in [1.54, 1.807) is 0 Å². The summed E-state index contributed by atoms with van der Waals surface area (Å²) in [5.41, 5.74) is -0.762. The van der Waals surface area contributed by atoms with Crippen LogP contribution in [0.25, 0.3) is 0 Å². The smallest absolute Gasteiger partial charge is 0.426 e. The molecule has 0 aliphatic heterocycles. The predicted octanol–water partition coefficient (Wildman–Crippen LogP) is 9.24. The quantitative estimate of drug-likeness (QED) is 0.338. The number of alkyl halides is 2. The van der Waals surface area contributed by atoms with Gasteiger partial charge in [-0.1, -0.05) is 64.0 Å². The van der Waals surface area contributed by atoms with Crippen molar-refractivity contribution in [3.8, 4) is 11.8 Å². The third kappa shape index (κ3) is 6.41. The highest BCUT2D eigenvalue weighted by Crippen LogP contribution is 2.41. The van der Waals surface area contributed by atoms with E-state index >= 15 is 0 Å². The van der Waals surface area contributed by atoms with Gasteiger partial charge in [0.25, 0.3) is 0 Å². The Bertz CT molecular complexity index is 1020. The Balaban J connectivity index is 1.27. The lowest BCUT2D eigenvalue weighted by molar-refractivity contribution is -0.185. The van der Waals surface area contributed by atoms with Gasteiger partial charge in [-0.25, -0.2) is 8.78 Å². The maximum Gasteiger partial charge on any atom is 0.426 e. The molecule has 0 heterocycles. The topological polar surface area (TPSA) is 33.0 Å². The number of benzene rings is 2. The molecular formula is C30H35F4NO. The zero-order chi connectivity index (χ0) is 25.7. The molecule has 2 saturated carbocycles. The molecule has 0 N–H and O–H groups in total. The highest BCUT2D eigenvalue weighted by atomic mass is 19.3. The summed E-state index contributed by atoms with van der Waals surface area (Å²) in [6.45, 7) is 2.31. The average Bonchev–Trinajstić information content (AvgIpc) is 2.88. The van der Waals surface area contributed by atoms with E-state index in [1.165, 1.54) is 76.0 Å². The van der Waals surface area contributed by atoms with Gasteiger partial charge < -0.3 is 4.74 Å². The number of halogens is 4. The minimum Gasteiger partial charge on any atom is -0.429 e. The lowest BCUT2D eigenvalue weighted by atomic mass is 9.74. The molecule has 0 atom stereocenters. The fourth-order valence-corrected chi connectivity index (χ4v) is 6.05. The van der Waals surface area contributed by atoms with Crippen LogP contribution < -0.4 is 4.74 Å². The Morgan fingerprint density at radius 2 is 1.33 bits per heavy atom. The highest BCUT2D eigenvalue weighted by molar-refractivity contribution is 5.37. The first kappa shape index (κ1) is 26.5. The van der Waals surface area contributed by atoms with Crippen molar-refractivity contribution in [3.05, 3.63) is 64.7 Å². The van der Waals surface area contributed by atoms with Gasteiger partial charge in [-0.05, 0) is 79.2 Å². The molecule has 0 unspecified atom stereocenters. The van der Waals surface area contributed by atoms with Crippen molar-refractivity contribution in [3.63, 3.8) is 0 Å². The second kappa shape index (κ2) is 11.7. The number of nitriles is 1. The first-order valence-electron chi connectivity index (χ1n) is 13.4. The molecule has 2 nitrogen and oxygen atoms in total. The Labute approximate surface area is 211 Å². The van der Waals surface area contributed by atoms with E-state index in [0.717, 1.165) is 36.2 Å². The van der Waals surface area contributed by atoms with Crippen LogP contribution in [0.15, 0.2) is 36.4 Å². The van der Waals surface area contributed by atoms with E-state index in [9.17, 15) is 17.6 Å². The van der Waals surface area contributed by atoms with Gasteiger partial charge in [0.1, 0.15) is 29.0 Å². The maximum absolute atomic E-state index is 14.5. The lowest BCUT2D eigenvalue weighted by Gasteiger charge is -2.32. The SMILES string of the molecule is CCC1CCC(CCC2CCC(c3ccc(OC(F)(F)c4cc(F)c(C#N)c(F)c4)cc3)CC2)CC1. The van der Waals surface area contributed by atoms with Crippen LogP contribution >= 0.6 is 0 Å². The van der Waals surface area contributed by atoms with Crippen LogP contribution in [-0.2, 0) is 6.11 Å². The van der Waals surface area contributed by atoms with Crippen molar-refractivity contribution in [2.24, 2.45) is 17.8 Å². The molecule has 2 aromatic rings. The number of hydrogen-bond donors (Lipinski definition) is 0. The van der Waals surface area contributed by atoms with E-state index in [4.69, 9.17) is 10.00 Å². The van der Waals surface area contributed by atoms with E-state index in [2.05, 4.69) is 6.92 Å². The summed E-state index contributed by atoms with van der Waals surface area (Å²) in [5.74, 6) is 0.295. The average molecular weight is 502 g/mol. The van der Waals surface area contributed by atoms with Crippen molar-refractivity contribution >= 4 is 0 Å². The zero-order valence-electron chi connectivity index (χ0n) is 20.9. The fraction of sp³-hybridized carbons (Fsp3) is 0.567. The van der Waals surface area contributed by atoms with E-state index in [0.29, 0.717) is 18.1 Å². The molecule has 0 spiro atoms. The molecule has 194 valence electrons. The summed E-state index contributed by atoms with van der Waals surface area (Å²) in [6.07, 6.45) is 10.3. The molecule has 2 aliphatic rings. The van der Waals surface area contributed by atoms with Gasteiger partial charge in [-0.3, -0.25) is 0 Å². The van der Waals surface area contributed by atoms with E-state index in [-0.39, 0.29) is 5.75 Å². The second-order valence-corrected chi connectivity index (χ2v) is 10.7. The lowest BCUT2D eigenvalue weighted by Crippen LogP contribution is -2.22. The van der Waals surface area contributed by atoms with Gasteiger partial charge in [0, 0.05) is 0 Å². The van der Waals surface area contributed by atoms with Crippen LogP contribution in [0, 0.1) is 40.7 Å². The van der Waals surface area contributed by atoms with Crippen molar-refractivity contribution in [1.29, 1.82) is 5.26 Å². The molecular weight excluding hydrogens is 466 g/mol. The fourth-order valence-electron chi connectivity index (χ4n) is 6.05. The third-order valence-electron chi connectivity index (χ3n) is 8.46. The highest BCUT2D eigenvalue weighted by Gasteiger charge is 2.36. The number of rotatable bonds is 8. The molecule has 0 saturated heterocycles. The molecule has 4 rings (SSSR count). The third-order valence-corrected chi connectivity index (χ3v) is 8.46. The number of nitrogens with zero attached hydrogens (tertiary/aromatic N) is 1. The first-order valence-corrected chi connectivity index (χ1v) is 13.4. The van der Waals surface area contributed by atoms with Gasteiger partial charge in [-0.2, -0.15) is 14.0 Å². The first-order chi connectivity index (χ1) is 17.3. The molecule has 2 fully saturated rings. The normalized spacial score (nSPS) is 24.8. The zero-order valence-corrected chi connectivity index (χ0v) is 20.9. The summed E-state index contributed by atoms with van der Waals surface area (Å²) in [7, 11) is 0. The largest absolute Gasteiger partial charge is 0.429 e. The van der Waals surface area contributed by atoms with Crippen LogP contribution in [0.3, 0.4) is 0 Å². The van der Waals surface area contributed by atoms with Gasteiger partial charge in [0.2, 0.25) is 0 Å². The summed E-state index contributed by atoms with van der Waals surface area (Å²) < 4.78 is 61.4. The van der Waals surface area contributed by atoms with Gasteiger partial charge >= 0.3 is 6.11 Å². The second-order valence-electron chi connectivity index (χ2n) is 10.7. The van der Waals surface area contributed by atoms with E-state index in [1.807, 2.05) is 12.1 Å². The molecule has 36 heavy (non-hydrogen) atoms. The molecule has 2 aromatic carbocycles. The van der Waals surface area contributed by atoms with E-state index < -0.39 is 28.9 Å². The maximum atomic E-state index is 14.5. The van der Waals surface area contributed by atoms with Crippen LogP contribution in [0.1, 0.15) is 100 Å². The van der Waals surface area contributed by atoms with Crippen LogP contribution in [0.5, 0.6) is 5.75 Å². The Kier molecular flexibility index (Phi) is 8.59. The molecule has 2 aliphatic carbocycles. The summed E-state index contributed by atoms with van der Waals surface area (Å²) in [4.78, 5) is 0. The van der Waals surface area contributed by atoms with Crippen molar-refractivity contribution in [2.75, 3.05) is 0 Å². The predicted molar refractivity (Wildman–Crippen MR) is 132 cm³/mol. The van der Waals surface area contributed by atoms with Gasteiger partial charge in [0.15, 0.2) is 0 Å². The summed E-state index contributed by atoms with van der Waals surface area (Å²) in [6, 6.07) is 8.78. The summed E-state index contributed by atoms with van der Waals surface area (Å²) >= 11 is 0. The Morgan fingerprint density at radius 3 is 1.83 bits per heavy atom. The van der Waals surface area contributed by atoms with Gasteiger partial charge in [-0.15, -0.1) is 0 Å². The van der Waals surface area contributed by atoms with Gasteiger partial charge in [0.05, 0.1) is 5.56 Å². The summed E-state index contributed by atoms with van der Waals surface area (Å²) in [5, 5.41) is 8.72. The Hall–Kier alpha value is -2.55. The van der Waals surface area contributed by atoms with Crippen LogP contribution in [0.2, 0.25) is 0 Å². The van der Waals surface area contributed by atoms with Crippen molar-refractivity contribution in [2.45, 2.75) is 89.6 Å². The van der Waals surface area contributed by atoms with Crippen molar-refractivity contribution in [1.82, 2.24) is 0 Å². The number of ether oxygens (including phenoxy) is 1. The standard InChI is InChI=1S/C30H35F4NO/c1-2-20-3-5-21(6-4-20)7-8-22-9-11-23(12-10-22)24-13-15-26(16-14-24)36-30(33,34)25-17-28(31)27(19-35)29(32)18-25/h13-18,20-23H,2-12H2,1H3. The minimum atomic E-state index is -3.94. The number of hydrogen-bond acceptors (Lipinski definition) is 2. The minimum absolute atomic E-state index is 0.0830. The van der Waals surface area contributed by atoms with Crippen LogP contribution in [0.4, 0.5) is 17.6 Å². The molecule has 0 radical (unpaired) electrons. The molecule has 0 aromatic heterocycles.